The number of rotatable bonds is 1. The fourth-order valence-corrected chi connectivity index (χ4v) is 2.28. The van der Waals surface area contributed by atoms with E-state index in [1.54, 1.807) is 6.07 Å². The van der Waals surface area contributed by atoms with Gasteiger partial charge in [-0.05, 0) is 23.6 Å². The first-order valence-electron chi connectivity index (χ1n) is 6.55. The predicted octanol–water partition coefficient (Wildman–Crippen LogP) is 3.83. The molecule has 0 bridgehead atoms. The molecule has 0 aliphatic carbocycles. The second-order valence-corrected chi connectivity index (χ2v) is 5.93. The van der Waals surface area contributed by atoms with Crippen LogP contribution in [0.4, 0.5) is 4.39 Å². The number of pyridine rings is 2. The van der Waals surface area contributed by atoms with Crippen LogP contribution in [0.5, 0.6) is 0 Å². The van der Waals surface area contributed by atoms with Gasteiger partial charge in [-0.1, -0.05) is 26.8 Å². The lowest BCUT2D eigenvalue weighted by Gasteiger charge is -2.16. The summed E-state index contributed by atoms with van der Waals surface area (Å²) in [5, 5.41) is 4.41. The molecule has 0 aliphatic heterocycles. The van der Waals surface area contributed by atoms with E-state index in [2.05, 4.69) is 30.9 Å². The van der Waals surface area contributed by atoms with Crippen molar-refractivity contribution in [3.63, 3.8) is 0 Å². The number of aromatic nitrogens is 3. The highest BCUT2D eigenvalue weighted by Gasteiger charge is 2.18. The maximum Gasteiger partial charge on any atom is 0.212 e. The minimum absolute atomic E-state index is 0.0562. The summed E-state index contributed by atoms with van der Waals surface area (Å²) < 4.78 is 14.7. The highest BCUT2D eigenvalue weighted by Crippen LogP contribution is 2.28. The van der Waals surface area contributed by atoms with Gasteiger partial charge in [0.2, 0.25) is 5.95 Å². The maximum absolute atomic E-state index is 12.9. The van der Waals surface area contributed by atoms with Crippen LogP contribution >= 0.6 is 0 Å². The highest BCUT2D eigenvalue weighted by molar-refractivity contribution is 5.66. The van der Waals surface area contributed by atoms with Gasteiger partial charge in [-0.3, -0.25) is 0 Å². The Kier molecular flexibility index (Phi) is 2.82. The van der Waals surface area contributed by atoms with Crippen molar-refractivity contribution in [1.29, 1.82) is 0 Å². The van der Waals surface area contributed by atoms with Gasteiger partial charge in [0.05, 0.1) is 11.7 Å². The fraction of sp³-hybridized carbons (Fsp3) is 0.250. The normalized spacial score (nSPS) is 12.0. The van der Waals surface area contributed by atoms with Crippen LogP contribution in [0, 0.1) is 5.95 Å². The summed E-state index contributed by atoms with van der Waals surface area (Å²) in [6.45, 7) is 6.51. The SMILES string of the molecule is CC(C)(C)c1cnn2cc(-c3ccc(F)nc3)ccc12. The Morgan fingerprint density at radius 2 is 1.75 bits per heavy atom. The molecule has 0 aliphatic rings. The van der Waals surface area contributed by atoms with Gasteiger partial charge in [0.25, 0.3) is 0 Å². The zero-order chi connectivity index (χ0) is 14.3. The Hall–Kier alpha value is -2.23. The smallest absolute Gasteiger partial charge is 0.212 e. The van der Waals surface area contributed by atoms with Crippen LogP contribution in [-0.2, 0) is 5.41 Å². The third-order valence-electron chi connectivity index (χ3n) is 3.38. The van der Waals surface area contributed by atoms with Gasteiger partial charge in [0.15, 0.2) is 0 Å². The number of fused-ring (bicyclic) bond motifs is 1. The Labute approximate surface area is 117 Å². The first-order valence-corrected chi connectivity index (χ1v) is 6.55. The number of hydrogen-bond acceptors (Lipinski definition) is 2. The summed E-state index contributed by atoms with van der Waals surface area (Å²) >= 11 is 0. The van der Waals surface area contributed by atoms with Crippen molar-refractivity contribution in [3.05, 3.63) is 54.4 Å². The van der Waals surface area contributed by atoms with Crippen LogP contribution in [0.25, 0.3) is 16.6 Å². The molecule has 3 nitrogen and oxygen atoms in total. The van der Waals surface area contributed by atoms with Gasteiger partial charge >= 0.3 is 0 Å². The molecule has 0 unspecified atom stereocenters. The third-order valence-corrected chi connectivity index (χ3v) is 3.38. The topological polar surface area (TPSA) is 30.2 Å². The molecule has 0 aromatic carbocycles. The molecule has 0 amide bonds. The van der Waals surface area contributed by atoms with Crippen molar-refractivity contribution in [2.75, 3.05) is 0 Å². The summed E-state index contributed by atoms with van der Waals surface area (Å²) in [7, 11) is 0. The molecule has 0 radical (unpaired) electrons. The number of hydrogen-bond donors (Lipinski definition) is 0. The highest BCUT2D eigenvalue weighted by atomic mass is 19.1. The van der Waals surface area contributed by atoms with Gasteiger partial charge in [-0.15, -0.1) is 0 Å². The van der Waals surface area contributed by atoms with Crippen molar-refractivity contribution >= 4 is 5.52 Å². The van der Waals surface area contributed by atoms with Gasteiger partial charge in [0.1, 0.15) is 0 Å². The van der Waals surface area contributed by atoms with Crippen LogP contribution in [0.3, 0.4) is 0 Å². The van der Waals surface area contributed by atoms with Crippen LogP contribution in [0.1, 0.15) is 26.3 Å². The lowest BCUT2D eigenvalue weighted by atomic mass is 9.88. The molecule has 0 atom stereocenters. The van der Waals surface area contributed by atoms with E-state index >= 15 is 0 Å². The van der Waals surface area contributed by atoms with E-state index in [1.807, 2.05) is 29.0 Å². The Morgan fingerprint density at radius 3 is 2.40 bits per heavy atom. The van der Waals surface area contributed by atoms with E-state index in [1.165, 1.54) is 17.8 Å². The fourth-order valence-electron chi connectivity index (χ4n) is 2.28. The molecule has 4 heteroatoms. The quantitative estimate of drug-likeness (QED) is 0.628. The summed E-state index contributed by atoms with van der Waals surface area (Å²) in [5.74, 6) is -0.469. The zero-order valence-electron chi connectivity index (χ0n) is 11.8. The summed E-state index contributed by atoms with van der Waals surface area (Å²) in [5.41, 5.74) is 4.20. The Balaban J connectivity index is 2.10. The molecular weight excluding hydrogens is 253 g/mol. The van der Waals surface area contributed by atoms with Crippen LogP contribution in [0.15, 0.2) is 42.9 Å². The lowest BCUT2D eigenvalue weighted by molar-refractivity contribution is 0.584. The molecule has 3 aromatic heterocycles. The second-order valence-electron chi connectivity index (χ2n) is 5.93. The first kappa shape index (κ1) is 12.8. The molecule has 0 N–H and O–H groups in total. The molecule has 3 rings (SSSR count). The summed E-state index contributed by atoms with van der Waals surface area (Å²) in [4.78, 5) is 3.68. The predicted molar refractivity (Wildman–Crippen MR) is 77.1 cm³/mol. The molecule has 102 valence electrons. The van der Waals surface area contributed by atoms with E-state index in [-0.39, 0.29) is 5.41 Å². The molecule has 3 aromatic rings. The molecule has 0 fully saturated rings. The molecule has 0 spiro atoms. The number of nitrogens with zero attached hydrogens (tertiary/aromatic N) is 3. The van der Waals surface area contributed by atoms with Crippen LogP contribution < -0.4 is 0 Å². The summed E-state index contributed by atoms with van der Waals surface area (Å²) in [6.07, 6.45) is 5.38. The van der Waals surface area contributed by atoms with Crippen molar-refractivity contribution in [3.8, 4) is 11.1 Å². The van der Waals surface area contributed by atoms with Crippen molar-refractivity contribution in [2.24, 2.45) is 0 Å². The van der Waals surface area contributed by atoms with E-state index in [9.17, 15) is 4.39 Å². The van der Waals surface area contributed by atoms with Crippen molar-refractivity contribution in [1.82, 2.24) is 14.6 Å². The molecule has 0 saturated carbocycles. The van der Waals surface area contributed by atoms with Gasteiger partial charge in [-0.25, -0.2) is 9.50 Å². The molecule has 3 heterocycles. The first-order chi connectivity index (χ1) is 9.45. The zero-order valence-corrected chi connectivity index (χ0v) is 11.8. The van der Waals surface area contributed by atoms with Crippen LogP contribution in [0.2, 0.25) is 0 Å². The lowest BCUT2D eigenvalue weighted by Crippen LogP contribution is -2.10. The van der Waals surface area contributed by atoms with Gasteiger partial charge in [-0.2, -0.15) is 9.49 Å². The largest absolute Gasteiger partial charge is 0.240 e. The average Bonchev–Trinajstić information content (AvgIpc) is 2.82. The number of halogens is 1. The van der Waals surface area contributed by atoms with Crippen molar-refractivity contribution in [2.45, 2.75) is 26.2 Å². The van der Waals surface area contributed by atoms with Gasteiger partial charge in [0, 0.05) is 29.1 Å². The minimum atomic E-state index is -0.469. The average molecular weight is 269 g/mol. The van der Waals surface area contributed by atoms with Crippen molar-refractivity contribution < 1.29 is 4.39 Å². The molecule has 0 saturated heterocycles. The van der Waals surface area contributed by atoms with E-state index in [0.717, 1.165) is 16.6 Å². The molecule has 20 heavy (non-hydrogen) atoms. The summed E-state index contributed by atoms with van der Waals surface area (Å²) in [6, 6.07) is 7.15. The van der Waals surface area contributed by atoms with E-state index in [4.69, 9.17) is 0 Å². The Morgan fingerprint density at radius 1 is 1.00 bits per heavy atom. The van der Waals surface area contributed by atoms with E-state index in [0.29, 0.717) is 0 Å². The maximum atomic E-state index is 12.9. The Bertz CT molecular complexity index is 751. The monoisotopic (exact) mass is 269 g/mol. The molecular formula is C16H16FN3. The van der Waals surface area contributed by atoms with Gasteiger partial charge < -0.3 is 0 Å². The standard InChI is InChI=1S/C16H16FN3/c1-16(2,3)13-9-19-20-10-12(4-6-14(13)20)11-5-7-15(17)18-8-11/h4-10H,1-3H3. The second kappa shape index (κ2) is 4.40. The van der Waals surface area contributed by atoms with Crippen LogP contribution in [-0.4, -0.2) is 14.6 Å². The van der Waals surface area contributed by atoms with E-state index < -0.39 is 5.95 Å². The third kappa shape index (κ3) is 2.18. The minimum Gasteiger partial charge on any atom is -0.240 e.